The minimum Gasteiger partial charge on any atom is -0.389 e. The maximum absolute atomic E-state index is 13.8. The number of halogens is 1. The SMILES string of the molecule is CC(C)C1CCC(C2=CCC(O)C=C2)(c2cccc(F)c2)CC1. The van der Waals surface area contributed by atoms with Gasteiger partial charge in [-0.1, -0.05) is 44.2 Å². The Morgan fingerprint density at radius 1 is 1.22 bits per heavy atom. The molecule has 0 bridgehead atoms. The van der Waals surface area contributed by atoms with E-state index in [9.17, 15) is 9.50 Å². The van der Waals surface area contributed by atoms with Crippen molar-refractivity contribution in [2.24, 2.45) is 11.8 Å². The summed E-state index contributed by atoms with van der Waals surface area (Å²) in [6.45, 7) is 4.60. The standard InChI is InChI=1S/C21H27FO/c1-15(2)16-10-12-21(13-11-16,17-6-8-20(23)9-7-17)18-4-3-5-19(22)14-18/h3-8,14-16,20,23H,9-13H2,1-2H3. The Hall–Kier alpha value is -1.41. The summed E-state index contributed by atoms with van der Waals surface area (Å²) in [6, 6.07) is 7.11. The number of benzene rings is 1. The molecule has 23 heavy (non-hydrogen) atoms. The Morgan fingerprint density at radius 2 is 1.96 bits per heavy atom. The zero-order valence-corrected chi connectivity index (χ0v) is 14.1. The van der Waals surface area contributed by atoms with Crippen molar-refractivity contribution in [2.45, 2.75) is 57.5 Å². The van der Waals surface area contributed by atoms with E-state index < -0.39 is 0 Å². The summed E-state index contributed by atoms with van der Waals surface area (Å²) >= 11 is 0. The lowest BCUT2D eigenvalue weighted by molar-refractivity contribution is 0.208. The van der Waals surface area contributed by atoms with Crippen molar-refractivity contribution in [1.82, 2.24) is 0 Å². The first-order chi connectivity index (χ1) is 11.0. The predicted molar refractivity (Wildman–Crippen MR) is 92.7 cm³/mol. The molecule has 0 spiro atoms. The third kappa shape index (κ3) is 3.28. The fourth-order valence-electron chi connectivity index (χ4n) is 4.29. The van der Waals surface area contributed by atoms with Crippen molar-refractivity contribution >= 4 is 0 Å². The normalized spacial score (nSPS) is 31.3. The van der Waals surface area contributed by atoms with Gasteiger partial charge in [-0.25, -0.2) is 4.39 Å². The van der Waals surface area contributed by atoms with E-state index in [0.717, 1.165) is 24.3 Å². The second-order valence-electron chi connectivity index (χ2n) is 7.50. The number of hydrogen-bond acceptors (Lipinski definition) is 1. The third-order valence-electron chi connectivity index (χ3n) is 5.83. The van der Waals surface area contributed by atoms with E-state index in [2.05, 4.69) is 32.1 Å². The van der Waals surface area contributed by atoms with Gasteiger partial charge in [0.1, 0.15) is 5.82 Å². The molecule has 124 valence electrons. The molecular weight excluding hydrogens is 287 g/mol. The highest BCUT2D eigenvalue weighted by atomic mass is 19.1. The van der Waals surface area contributed by atoms with Crippen LogP contribution in [0.25, 0.3) is 0 Å². The topological polar surface area (TPSA) is 20.2 Å². The van der Waals surface area contributed by atoms with Gasteiger partial charge in [0.25, 0.3) is 0 Å². The quantitative estimate of drug-likeness (QED) is 0.817. The lowest BCUT2D eigenvalue weighted by Gasteiger charge is -2.43. The molecule has 1 aromatic rings. The summed E-state index contributed by atoms with van der Waals surface area (Å²) in [6.07, 6.45) is 10.9. The number of aliphatic hydroxyl groups excluding tert-OH is 1. The van der Waals surface area contributed by atoms with Gasteiger partial charge in [-0.3, -0.25) is 0 Å². The van der Waals surface area contributed by atoms with Crippen molar-refractivity contribution in [2.75, 3.05) is 0 Å². The molecule has 0 aliphatic heterocycles. The predicted octanol–water partition coefficient (Wildman–Crippen LogP) is 5.16. The Bertz CT molecular complexity index is 606. The smallest absolute Gasteiger partial charge is 0.123 e. The van der Waals surface area contributed by atoms with E-state index in [4.69, 9.17) is 0 Å². The van der Waals surface area contributed by atoms with Gasteiger partial charge < -0.3 is 5.11 Å². The summed E-state index contributed by atoms with van der Waals surface area (Å²) in [5, 5.41) is 9.75. The zero-order valence-electron chi connectivity index (χ0n) is 14.1. The van der Waals surface area contributed by atoms with Crippen LogP contribution in [0, 0.1) is 17.7 Å². The van der Waals surface area contributed by atoms with Gasteiger partial charge in [0.05, 0.1) is 6.10 Å². The van der Waals surface area contributed by atoms with E-state index in [1.807, 2.05) is 12.1 Å². The Kier molecular flexibility index (Phi) is 4.72. The van der Waals surface area contributed by atoms with Crippen LogP contribution in [0.5, 0.6) is 0 Å². The van der Waals surface area contributed by atoms with Gasteiger partial charge in [0.2, 0.25) is 0 Å². The minimum absolute atomic E-state index is 0.0931. The van der Waals surface area contributed by atoms with Gasteiger partial charge >= 0.3 is 0 Å². The van der Waals surface area contributed by atoms with Crippen molar-refractivity contribution in [1.29, 1.82) is 0 Å². The molecule has 1 saturated carbocycles. The summed E-state index contributed by atoms with van der Waals surface area (Å²) in [7, 11) is 0. The molecule has 1 fully saturated rings. The molecule has 1 aromatic carbocycles. The van der Waals surface area contributed by atoms with E-state index in [-0.39, 0.29) is 17.3 Å². The molecule has 2 aliphatic rings. The molecule has 0 aromatic heterocycles. The average molecular weight is 314 g/mol. The third-order valence-corrected chi connectivity index (χ3v) is 5.83. The highest BCUT2D eigenvalue weighted by Gasteiger charge is 2.40. The fraction of sp³-hybridized carbons (Fsp3) is 0.524. The van der Waals surface area contributed by atoms with E-state index in [1.54, 1.807) is 6.07 Å². The van der Waals surface area contributed by atoms with Crippen LogP contribution in [0.15, 0.2) is 48.1 Å². The van der Waals surface area contributed by atoms with E-state index >= 15 is 0 Å². The van der Waals surface area contributed by atoms with Gasteiger partial charge in [0.15, 0.2) is 0 Å². The molecule has 2 heteroatoms. The summed E-state index contributed by atoms with van der Waals surface area (Å²) in [5.41, 5.74) is 2.26. The molecule has 1 atom stereocenters. The first-order valence-corrected chi connectivity index (χ1v) is 8.84. The number of hydrogen-bond donors (Lipinski definition) is 1. The summed E-state index contributed by atoms with van der Waals surface area (Å²) in [5.74, 6) is 1.31. The van der Waals surface area contributed by atoms with Crippen LogP contribution in [0.4, 0.5) is 4.39 Å². The Labute approximate surface area is 138 Å². The summed E-state index contributed by atoms with van der Waals surface area (Å²) < 4.78 is 13.8. The van der Waals surface area contributed by atoms with Gasteiger partial charge in [-0.15, -0.1) is 0 Å². The molecule has 2 aliphatic carbocycles. The lowest BCUT2D eigenvalue weighted by Crippen LogP contribution is -2.35. The van der Waals surface area contributed by atoms with Crippen LogP contribution in [-0.4, -0.2) is 11.2 Å². The number of aliphatic hydroxyl groups is 1. The van der Waals surface area contributed by atoms with Crippen LogP contribution in [0.2, 0.25) is 0 Å². The molecule has 0 amide bonds. The van der Waals surface area contributed by atoms with Crippen LogP contribution in [-0.2, 0) is 5.41 Å². The van der Waals surface area contributed by atoms with Crippen LogP contribution in [0.3, 0.4) is 0 Å². The van der Waals surface area contributed by atoms with Gasteiger partial charge in [-0.2, -0.15) is 0 Å². The minimum atomic E-state index is -0.379. The fourth-order valence-corrected chi connectivity index (χ4v) is 4.29. The van der Waals surface area contributed by atoms with Crippen molar-refractivity contribution in [3.8, 4) is 0 Å². The Morgan fingerprint density at radius 3 is 2.52 bits per heavy atom. The zero-order chi connectivity index (χ0) is 16.4. The van der Waals surface area contributed by atoms with Crippen molar-refractivity contribution in [3.05, 3.63) is 59.4 Å². The molecule has 0 saturated heterocycles. The molecule has 1 N–H and O–H groups in total. The highest BCUT2D eigenvalue weighted by molar-refractivity contribution is 5.44. The largest absolute Gasteiger partial charge is 0.389 e. The first kappa shape index (κ1) is 16.4. The monoisotopic (exact) mass is 314 g/mol. The molecule has 3 rings (SSSR count). The molecule has 1 unspecified atom stereocenters. The van der Waals surface area contributed by atoms with Crippen LogP contribution in [0.1, 0.15) is 51.5 Å². The average Bonchev–Trinajstić information content (AvgIpc) is 2.55. The van der Waals surface area contributed by atoms with Crippen molar-refractivity contribution < 1.29 is 9.50 Å². The molecule has 0 heterocycles. The highest BCUT2D eigenvalue weighted by Crippen LogP contribution is 2.49. The Balaban J connectivity index is 1.96. The van der Waals surface area contributed by atoms with E-state index in [0.29, 0.717) is 12.3 Å². The molecular formula is C21H27FO. The number of allylic oxidation sites excluding steroid dienone is 2. The second kappa shape index (κ2) is 6.60. The van der Waals surface area contributed by atoms with Crippen LogP contribution < -0.4 is 0 Å². The molecule has 0 radical (unpaired) electrons. The van der Waals surface area contributed by atoms with Crippen molar-refractivity contribution in [3.63, 3.8) is 0 Å². The summed E-state index contributed by atoms with van der Waals surface area (Å²) in [4.78, 5) is 0. The maximum atomic E-state index is 13.8. The first-order valence-electron chi connectivity index (χ1n) is 8.84. The van der Waals surface area contributed by atoms with Crippen LogP contribution >= 0.6 is 0 Å². The maximum Gasteiger partial charge on any atom is 0.123 e. The van der Waals surface area contributed by atoms with Gasteiger partial charge in [-0.05, 0) is 67.2 Å². The second-order valence-corrected chi connectivity index (χ2v) is 7.50. The van der Waals surface area contributed by atoms with Gasteiger partial charge in [0, 0.05) is 5.41 Å². The molecule has 1 nitrogen and oxygen atoms in total. The lowest BCUT2D eigenvalue weighted by atomic mass is 9.60. The van der Waals surface area contributed by atoms with E-state index in [1.165, 1.54) is 24.5 Å². The number of rotatable bonds is 3.